The molecule has 0 aliphatic carbocycles. The summed E-state index contributed by atoms with van der Waals surface area (Å²) in [5.74, 6) is -0.190. The monoisotopic (exact) mass is 313 g/mol. The fourth-order valence-corrected chi connectivity index (χ4v) is 2.09. The number of esters is 1. The van der Waals surface area contributed by atoms with Crippen molar-refractivity contribution in [3.63, 3.8) is 0 Å². The molecule has 0 saturated heterocycles. The summed E-state index contributed by atoms with van der Waals surface area (Å²) >= 11 is 6.05. The first-order chi connectivity index (χ1) is 10.0. The molecule has 1 atom stereocenters. The topological polar surface area (TPSA) is 73.9 Å². The van der Waals surface area contributed by atoms with E-state index in [1.54, 1.807) is 6.92 Å². The van der Waals surface area contributed by atoms with Crippen LogP contribution in [0, 0.1) is 0 Å². The van der Waals surface area contributed by atoms with Crippen LogP contribution in [0.1, 0.15) is 24.2 Å². The summed E-state index contributed by atoms with van der Waals surface area (Å²) in [6.07, 6.45) is -0.885. The maximum absolute atomic E-state index is 12.0. The van der Waals surface area contributed by atoms with Crippen LogP contribution < -0.4 is 14.8 Å². The molecule has 114 valence electrons. The van der Waals surface area contributed by atoms with Gasteiger partial charge < -0.3 is 19.5 Å². The van der Waals surface area contributed by atoms with Crippen molar-refractivity contribution >= 4 is 23.5 Å². The van der Waals surface area contributed by atoms with E-state index in [1.165, 1.54) is 19.1 Å². The van der Waals surface area contributed by atoms with E-state index >= 15 is 0 Å². The van der Waals surface area contributed by atoms with E-state index in [0.717, 1.165) is 0 Å². The van der Waals surface area contributed by atoms with Crippen molar-refractivity contribution < 1.29 is 23.8 Å². The van der Waals surface area contributed by atoms with Gasteiger partial charge in [-0.2, -0.15) is 0 Å². The first-order valence-corrected chi connectivity index (χ1v) is 6.98. The number of rotatable bonds is 4. The second kappa shape index (κ2) is 6.67. The number of likely N-dealkylation sites (N-methyl/N-ethyl adjacent to an activating group) is 1. The molecule has 1 aromatic rings. The van der Waals surface area contributed by atoms with Crippen LogP contribution in [0.25, 0.3) is 0 Å². The highest BCUT2D eigenvalue weighted by Gasteiger charge is 2.22. The standard InChI is InChI=1S/C14H16ClNO5/c1-3-16-13(17)8(2)21-14(18)9-6-10(15)12-11(7-9)19-4-5-20-12/h6-8H,3-5H2,1-2H3,(H,16,17)/t8-/m1/s1. The third-order valence-corrected chi connectivity index (χ3v) is 3.12. The Morgan fingerprint density at radius 1 is 1.38 bits per heavy atom. The quantitative estimate of drug-likeness (QED) is 0.858. The number of halogens is 1. The van der Waals surface area contributed by atoms with Crippen molar-refractivity contribution in [3.8, 4) is 11.5 Å². The van der Waals surface area contributed by atoms with E-state index in [-0.39, 0.29) is 16.5 Å². The van der Waals surface area contributed by atoms with Crippen LogP contribution in [0.4, 0.5) is 0 Å². The third kappa shape index (κ3) is 3.58. The summed E-state index contributed by atoms with van der Waals surface area (Å²) in [6.45, 7) is 4.55. The summed E-state index contributed by atoms with van der Waals surface area (Å²) in [5.41, 5.74) is 0.209. The highest BCUT2D eigenvalue weighted by molar-refractivity contribution is 6.32. The summed E-state index contributed by atoms with van der Waals surface area (Å²) in [4.78, 5) is 23.6. The zero-order chi connectivity index (χ0) is 15.4. The average molecular weight is 314 g/mol. The Morgan fingerprint density at radius 2 is 2.10 bits per heavy atom. The van der Waals surface area contributed by atoms with E-state index in [9.17, 15) is 9.59 Å². The number of hydrogen-bond acceptors (Lipinski definition) is 5. The number of amides is 1. The molecular weight excluding hydrogens is 298 g/mol. The lowest BCUT2D eigenvalue weighted by Gasteiger charge is -2.20. The van der Waals surface area contributed by atoms with Crippen LogP contribution >= 0.6 is 11.6 Å². The zero-order valence-electron chi connectivity index (χ0n) is 11.8. The van der Waals surface area contributed by atoms with Gasteiger partial charge in [0.1, 0.15) is 13.2 Å². The van der Waals surface area contributed by atoms with Gasteiger partial charge in [0, 0.05) is 6.54 Å². The summed E-state index contributed by atoms with van der Waals surface area (Å²) in [7, 11) is 0. The predicted octanol–water partition coefficient (Wildman–Crippen LogP) is 1.79. The smallest absolute Gasteiger partial charge is 0.339 e. The van der Waals surface area contributed by atoms with Crippen molar-refractivity contribution in [2.45, 2.75) is 20.0 Å². The molecule has 0 unspecified atom stereocenters. The molecule has 0 saturated carbocycles. The van der Waals surface area contributed by atoms with E-state index < -0.39 is 12.1 Å². The van der Waals surface area contributed by atoms with Gasteiger partial charge in [-0.15, -0.1) is 0 Å². The van der Waals surface area contributed by atoms with Gasteiger partial charge in [-0.3, -0.25) is 4.79 Å². The maximum Gasteiger partial charge on any atom is 0.339 e. The molecule has 0 aromatic heterocycles. The van der Waals surface area contributed by atoms with Gasteiger partial charge in [0.2, 0.25) is 0 Å². The molecule has 0 fully saturated rings. The second-order valence-corrected chi connectivity index (χ2v) is 4.83. The van der Waals surface area contributed by atoms with Crippen LogP contribution in [0.15, 0.2) is 12.1 Å². The first kappa shape index (κ1) is 15.4. The Bertz CT molecular complexity index is 561. The van der Waals surface area contributed by atoms with Crippen LogP contribution in [-0.2, 0) is 9.53 Å². The van der Waals surface area contributed by atoms with Gasteiger partial charge in [0.25, 0.3) is 5.91 Å². The minimum atomic E-state index is -0.885. The van der Waals surface area contributed by atoms with Crippen LogP contribution in [0.3, 0.4) is 0 Å². The van der Waals surface area contributed by atoms with Gasteiger partial charge in [0.05, 0.1) is 10.6 Å². The van der Waals surface area contributed by atoms with Crippen molar-refractivity contribution in [2.75, 3.05) is 19.8 Å². The van der Waals surface area contributed by atoms with Gasteiger partial charge in [-0.25, -0.2) is 4.79 Å². The van der Waals surface area contributed by atoms with Gasteiger partial charge in [-0.05, 0) is 26.0 Å². The highest BCUT2D eigenvalue weighted by Crippen LogP contribution is 2.38. The molecule has 1 aromatic carbocycles. The molecule has 1 heterocycles. The molecule has 0 spiro atoms. The van der Waals surface area contributed by atoms with E-state index in [1.807, 2.05) is 0 Å². The lowest BCUT2D eigenvalue weighted by molar-refractivity contribution is -0.128. The van der Waals surface area contributed by atoms with E-state index in [0.29, 0.717) is 31.3 Å². The summed E-state index contributed by atoms with van der Waals surface area (Å²) in [6, 6.07) is 2.93. The molecule has 2 rings (SSSR count). The van der Waals surface area contributed by atoms with Crippen molar-refractivity contribution in [2.24, 2.45) is 0 Å². The third-order valence-electron chi connectivity index (χ3n) is 2.84. The molecule has 0 radical (unpaired) electrons. The Kier molecular flexibility index (Phi) is 4.90. The normalized spacial score (nSPS) is 14.2. The number of fused-ring (bicyclic) bond motifs is 1. The number of hydrogen-bond donors (Lipinski definition) is 1. The molecule has 7 heteroatoms. The maximum atomic E-state index is 12.0. The first-order valence-electron chi connectivity index (χ1n) is 6.60. The van der Waals surface area contributed by atoms with Crippen LogP contribution in [-0.4, -0.2) is 37.7 Å². The van der Waals surface area contributed by atoms with Crippen molar-refractivity contribution in [1.82, 2.24) is 5.32 Å². The Labute approximate surface area is 127 Å². The van der Waals surface area contributed by atoms with E-state index in [4.69, 9.17) is 25.8 Å². The van der Waals surface area contributed by atoms with Gasteiger partial charge >= 0.3 is 5.97 Å². The molecule has 0 bridgehead atoms. The lowest BCUT2D eigenvalue weighted by atomic mass is 10.2. The molecule has 1 aliphatic heterocycles. The molecule has 1 amide bonds. The minimum absolute atomic E-state index is 0.209. The molecule has 21 heavy (non-hydrogen) atoms. The van der Waals surface area contributed by atoms with Crippen LogP contribution in [0.5, 0.6) is 11.5 Å². The molecule has 1 N–H and O–H groups in total. The van der Waals surface area contributed by atoms with Crippen molar-refractivity contribution in [3.05, 3.63) is 22.7 Å². The number of carbonyl (C=O) groups excluding carboxylic acids is 2. The number of ether oxygens (including phenoxy) is 3. The number of carbonyl (C=O) groups is 2. The predicted molar refractivity (Wildman–Crippen MR) is 76.0 cm³/mol. The fourth-order valence-electron chi connectivity index (χ4n) is 1.83. The van der Waals surface area contributed by atoms with Crippen molar-refractivity contribution in [1.29, 1.82) is 0 Å². The zero-order valence-corrected chi connectivity index (χ0v) is 12.5. The van der Waals surface area contributed by atoms with Gasteiger partial charge in [0.15, 0.2) is 17.6 Å². The fraction of sp³-hybridized carbons (Fsp3) is 0.429. The Balaban J connectivity index is 2.13. The van der Waals surface area contributed by atoms with Crippen LogP contribution in [0.2, 0.25) is 5.02 Å². The summed E-state index contributed by atoms with van der Waals surface area (Å²) in [5, 5.41) is 2.84. The second-order valence-electron chi connectivity index (χ2n) is 4.42. The van der Waals surface area contributed by atoms with E-state index in [2.05, 4.69) is 5.32 Å². The molecular formula is C14H16ClNO5. The average Bonchev–Trinajstić information content (AvgIpc) is 2.47. The number of benzene rings is 1. The Hall–Kier alpha value is -1.95. The molecule has 1 aliphatic rings. The highest BCUT2D eigenvalue weighted by atomic mass is 35.5. The minimum Gasteiger partial charge on any atom is -0.486 e. The van der Waals surface area contributed by atoms with Gasteiger partial charge in [-0.1, -0.05) is 11.6 Å². The summed E-state index contributed by atoms with van der Waals surface area (Å²) < 4.78 is 15.8. The SMILES string of the molecule is CCNC(=O)[C@@H](C)OC(=O)c1cc(Cl)c2c(c1)OCCO2. The number of nitrogens with one attached hydrogen (secondary N) is 1. The largest absolute Gasteiger partial charge is 0.486 e. The lowest BCUT2D eigenvalue weighted by Crippen LogP contribution is -2.35. The Morgan fingerprint density at radius 3 is 2.81 bits per heavy atom. The molecule has 6 nitrogen and oxygen atoms in total.